The summed E-state index contributed by atoms with van der Waals surface area (Å²) >= 11 is 0. The van der Waals surface area contributed by atoms with Gasteiger partial charge in [-0.25, -0.2) is 0 Å². The Morgan fingerprint density at radius 1 is 1.12 bits per heavy atom. The Labute approximate surface area is 105 Å². The zero-order valence-corrected chi connectivity index (χ0v) is 11.8. The Kier molecular flexibility index (Phi) is 4.58. The summed E-state index contributed by atoms with van der Waals surface area (Å²) < 4.78 is 5.93. The van der Waals surface area contributed by atoms with Crippen molar-refractivity contribution in [3.8, 4) is 5.75 Å². The molecule has 0 amide bonds. The molecule has 2 nitrogen and oxygen atoms in total. The lowest BCUT2D eigenvalue weighted by molar-refractivity contribution is 0.231. The Morgan fingerprint density at radius 3 is 2.29 bits per heavy atom. The van der Waals surface area contributed by atoms with Gasteiger partial charge >= 0.3 is 0 Å². The number of hydrogen-bond donors (Lipinski definition) is 1. The summed E-state index contributed by atoms with van der Waals surface area (Å²) in [6.45, 7) is 12.1. The van der Waals surface area contributed by atoms with Crippen LogP contribution in [0.3, 0.4) is 0 Å². The highest BCUT2D eigenvalue weighted by atomic mass is 16.5. The lowest BCUT2D eigenvalue weighted by Crippen LogP contribution is -2.25. The van der Waals surface area contributed by atoms with E-state index in [0.29, 0.717) is 6.54 Å². The average molecular weight is 235 g/mol. The van der Waals surface area contributed by atoms with Gasteiger partial charge < -0.3 is 10.5 Å². The van der Waals surface area contributed by atoms with Gasteiger partial charge in [0.2, 0.25) is 0 Å². The molecule has 0 bridgehead atoms. The van der Waals surface area contributed by atoms with Crippen LogP contribution in [0.5, 0.6) is 5.75 Å². The molecule has 1 rings (SSSR count). The van der Waals surface area contributed by atoms with E-state index >= 15 is 0 Å². The van der Waals surface area contributed by atoms with Crippen LogP contribution in [-0.4, -0.2) is 13.2 Å². The van der Waals surface area contributed by atoms with Crippen LogP contribution in [0, 0.1) is 26.2 Å². The Balaban J connectivity index is 2.67. The third-order valence-electron chi connectivity index (χ3n) is 3.45. The van der Waals surface area contributed by atoms with Crippen molar-refractivity contribution in [3.63, 3.8) is 0 Å². The van der Waals surface area contributed by atoms with Gasteiger partial charge in [-0.2, -0.15) is 0 Å². The summed E-state index contributed by atoms with van der Waals surface area (Å²) in [4.78, 5) is 0. The summed E-state index contributed by atoms with van der Waals surface area (Å²) in [7, 11) is 0. The van der Waals surface area contributed by atoms with E-state index in [2.05, 4.69) is 46.8 Å². The molecule has 1 aromatic carbocycles. The molecule has 0 spiro atoms. The van der Waals surface area contributed by atoms with Gasteiger partial charge in [0.25, 0.3) is 0 Å². The van der Waals surface area contributed by atoms with Crippen molar-refractivity contribution in [2.24, 2.45) is 11.1 Å². The van der Waals surface area contributed by atoms with Crippen LogP contribution >= 0.6 is 0 Å². The highest BCUT2D eigenvalue weighted by Crippen LogP contribution is 2.27. The Bertz CT molecular complexity index is 383. The van der Waals surface area contributed by atoms with Crippen LogP contribution in [0.25, 0.3) is 0 Å². The highest BCUT2D eigenvalue weighted by Gasteiger charge is 2.16. The highest BCUT2D eigenvalue weighted by molar-refractivity contribution is 5.44. The standard InChI is InChI=1S/C15H25NO/c1-11-6-7-12(2)14(13(11)3)17-9-8-15(4,5)10-16/h6-7H,8-10,16H2,1-5H3. The van der Waals surface area contributed by atoms with E-state index in [1.54, 1.807) is 0 Å². The van der Waals surface area contributed by atoms with Crippen molar-refractivity contribution in [3.05, 3.63) is 28.8 Å². The summed E-state index contributed by atoms with van der Waals surface area (Å²) in [5, 5.41) is 0. The van der Waals surface area contributed by atoms with Crippen LogP contribution in [0.4, 0.5) is 0 Å². The van der Waals surface area contributed by atoms with Gasteiger partial charge in [-0.15, -0.1) is 0 Å². The molecule has 0 saturated heterocycles. The topological polar surface area (TPSA) is 35.2 Å². The van der Waals surface area contributed by atoms with Gasteiger partial charge in [-0.1, -0.05) is 26.0 Å². The van der Waals surface area contributed by atoms with E-state index in [0.717, 1.165) is 18.8 Å². The summed E-state index contributed by atoms with van der Waals surface area (Å²) in [5.74, 6) is 1.04. The first-order chi connectivity index (χ1) is 7.87. The first-order valence-corrected chi connectivity index (χ1v) is 6.27. The predicted octanol–water partition coefficient (Wildman–Crippen LogP) is 3.37. The predicted molar refractivity (Wildman–Crippen MR) is 73.6 cm³/mol. The van der Waals surface area contributed by atoms with E-state index in [1.807, 2.05) is 0 Å². The fourth-order valence-corrected chi connectivity index (χ4v) is 1.68. The largest absolute Gasteiger partial charge is 0.493 e. The summed E-state index contributed by atoms with van der Waals surface area (Å²) in [5.41, 5.74) is 9.61. The average Bonchev–Trinajstić information content (AvgIpc) is 2.28. The molecule has 0 aliphatic carbocycles. The van der Waals surface area contributed by atoms with Crippen molar-refractivity contribution < 1.29 is 4.74 Å². The van der Waals surface area contributed by atoms with Crippen molar-refractivity contribution >= 4 is 0 Å². The molecule has 0 fully saturated rings. The second-order valence-electron chi connectivity index (χ2n) is 5.62. The molecule has 0 saturated carbocycles. The zero-order chi connectivity index (χ0) is 13.1. The van der Waals surface area contributed by atoms with Crippen molar-refractivity contribution in [1.29, 1.82) is 0 Å². The lowest BCUT2D eigenvalue weighted by atomic mass is 9.90. The van der Waals surface area contributed by atoms with Gasteiger partial charge in [0.15, 0.2) is 0 Å². The molecule has 0 radical (unpaired) electrons. The number of ether oxygens (including phenoxy) is 1. The molecule has 0 aliphatic heterocycles. The number of rotatable bonds is 5. The quantitative estimate of drug-likeness (QED) is 0.849. The molecule has 0 unspecified atom stereocenters. The van der Waals surface area contributed by atoms with Gasteiger partial charge in [0.1, 0.15) is 5.75 Å². The number of hydrogen-bond acceptors (Lipinski definition) is 2. The Morgan fingerprint density at radius 2 is 1.71 bits per heavy atom. The molecule has 2 N–H and O–H groups in total. The van der Waals surface area contributed by atoms with E-state index in [-0.39, 0.29) is 5.41 Å². The van der Waals surface area contributed by atoms with Crippen LogP contribution in [0.2, 0.25) is 0 Å². The summed E-state index contributed by atoms with van der Waals surface area (Å²) in [6.07, 6.45) is 0.982. The zero-order valence-electron chi connectivity index (χ0n) is 11.8. The van der Waals surface area contributed by atoms with Crippen LogP contribution in [0.1, 0.15) is 37.0 Å². The smallest absolute Gasteiger partial charge is 0.125 e. The first-order valence-electron chi connectivity index (χ1n) is 6.27. The minimum atomic E-state index is 0.158. The van der Waals surface area contributed by atoms with E-state index in [1.165, 1.54) is 16.7 Å². The first kappa shape index (κ1) is 14.0. The fourth-order valence-electron chi connectivity index (χ4n) is 1.68. The third kappa shape index (κ3) is 3.74. The molecular formula is C15H25NO. The lowest BCUT2D eigenvalue weighted by Gasteiger charge is -2.23. The Hall–Kier alpha value is -1.02. The fraction of sp³-hybridized carbons (Fsp3) is 0.600. The number of nitrogens with two attached hydrogens (primary N) is 1. The van der Waals surface area contributed by atoms with Gasteiger partial charge in [0.05, 0.1) is 6.61 Å². The second kappa shape index (κ2) is 5.54. The van der Waals surface area contributed by atoms with Crippen LogP contribution in [-0.2, 0) is 0 Å². The maximum atomic E-state index is 5.93. The van der Waals surface area contributed by atoms with Crippen molar-refractivity contribution in [2.45, 2.75) is 41.0 Å². The van der Waals surface area contributed by atoms with Crippen molar-refractivity contribution in [1.82, 2.24) is 0 Å². The normalized spacial score (nSPS) is 11.6. The van der Waals surface area contributed by atoms with E-state index in [9.17, 15) is 0 Å². The van der Waals surface area contributed by atoms with Crippen LogP contribution in [0.15, 0.2) is 12.1 Å². The van der Waals surface area contributed by atoms with Gasteiger partial charge in [-0.3, -0.25) is 0 Å². The maximum Gasteiger partial charge on any atom is 0.125 e. The molecule has 0 atom stereocenters. The van der Waals surface area contributed by atoms with Crippen LogP contribution < -0.4 is 10.5 Å². The van der Waals surface area contributed by atoms with Crippen molar-refractivity contribution in [2.75, 3.05) is 13.2 Å². The van der Waals surface area contributed by atoms with E-state index < -0.39 is 0 Å². The third-order valence-corrected chi connectivity index (χ3v) is 3.45. The molecule has 0 aliphatic rings. The second-order valence-corrected chi connectivity index (χ2v) is 5.62. The number of aryl methyl sites for hydroxylation is 2. The molecular weight excluding hydrogens is 210 g/mol. The maximum absolute atomic E-state index is 5.93. The molecule has 96 valence electrons. The van der Waals surface area contributed by atoms with Gasteiger partial charge in [-0.05, 0) is 55.8 Å². The minimum Gasteiger partial charge on any atom is -0.493 e. The summed E-state index contributed by atoms with van der Waals surface area (Å²) in [6, 6.07) is 4.26. The molecule has 0 aromatic heterocycles. The molecule has 2 heteroatoms. The molecule has 17 heavy (non-hydrogen) atoms. The monoisotopic (exact) mass is 235 g/mol. The van der Waals surface area contributed by atoms with E-state index in [4.69, 9.17) is 10.5 Å². The van der Waals surface area contributed by atoms with Gasteiger partial charge in [0, 0.05) is 0 Å². The SMILES string of the molecule is Cc1ccc(C)c(OCCC(C)(C)CN)c1C. The molecule has 1 aromatic rings. The minimum absolute atomic E-state index is 0.158. The number of benzene rings is 1. The molecule has 0 heterocycles.